The first kappa shape index (κ1) is 14.4. The number of thioether (sulfide) groups is 1. The van der Waals surface area contributed by atoms with Gasteiger partial charge in [0.25, 0.3) is 0 Å². The SMILES string of the molecule is ON=C(CSCc1cnc2ccccc2c1)C1CCCO1. The first-order chi connectivity index (χ1) is 10.4. The van der Waals surface area contributed by atoms with E-state index in [4.69, 9.17) is 9.94 Å². The minimum absolute atomic E-state index is 0.00257. The first-order valence-electron chi connectivity index (χ1n) is 7.10. The number of rotatable bonds is 5. The number of oxime groups is 1. The summed E-state index contributed by atoms with van der Waals surface area (Å²) in [5.74, 6) is 1.54. The van der Waals surface area contributed by atoms with E-state index >= 15 is 0 Å². The van der Waals surface area contributed by atoms with Crippen molar-refractivity contribution in [1.82, 2.24) is 4.98 Å². The third-order valence-electron chi connectivity index (χ3n) is 3.60. The van der Waals surface area contributed by atoms with Crippen LogP contribution in [-0.4, -0.2) is 34.4 Å². The minimum atomic E-state index is -0.00257. The Labute approximate surface area is 128 Å². The van der Waals surface area contributed by atoms with Gasteiger partial charge in [0.05, 0.1) is 17.3 Å². The molecule has 110 valence electrons. The Morgan fingerprint density at radius 2 is 2.33 bits per heavy atom. The summed E-state index contributed by atoms with van der Waals surface area (Å²) in [6.45, 7) is 0.767. The second-order valence-corrected chi connectivity index (χ2v) is 6.11. The highest BCUT2D eigenvalue weighted by Gasteiger charge is 2.21. The summed E-state index contributed by atoms with van der Waals surface area (Å²) in [5.41, 5.74) is 2.94. The molecule has 1 aliphatic heterocycles. The Balaban J connectivity index is 1.58. The van der Waals surface area contributed by atoms with Crippen molar-refractivity contribution in [1.29, 1.82) is 0 Å². The van der Waals surface area contributed by atoms with Crippen LogP contribution >= 0.6 is 11.8 Å². The summed E-state index contributed by atoms with van der Waals surface area (Å²) in [5, 5.41) is 13.7. The van der Waals surface area contributed by atoms with Crippen molar-refractivity contribution in [3.63, 3.8) is 0 Å². The zero-order valence-electron chi connectivity index (χ0n) is 11.7. The Hall–Kier alpha value is -1.59. The smallest absolute Gasteiger partial charge is 0.0998 e. The van der Waals surface area contributed by atoms with Crippen LogP contribution in [0.1, 0.15) is 18.4 Å². The van der Waals surface area contributed by atoms with Gasteiger partial charge in [-0.2, -0.15) is 11.8 Å². The number of ether oxygens (including phenoxy) is 1. The van der Waals surface area contributed by atoms with Crippen molar-refractivity contribution >= 4 is 28.4 Å². The Kier molecular flexibility index (Phi) is 4.72. The number of hydrogen-bond donors (Lipinski definition) is 1. The van der Waals surface area contributed by atoms with Gasteiger partial charge in [-0.05, 0) is 30.5 Å². The van der Waals surface area contributed by atoms with Crippen LogP contribution in [0.25, 0.3) is 10.9 Å². The molecule has 0 amide bonds. The van der Waals surface area contributed by atoms with Gasteiger partial charge in [0.2, 0.25) is 0 Å². The average Bonchev–Trinajstić information content (AvgIpc) is 3.05. The van der Waals surface area contributed by atoms with Gasteiger partial charge in [-0.1, -0.05) is 23.4 Å². The molecule has 1 unspecified atom stereocenters. The summed E-state index contributed by atoms with van der Waals surface area (Å²) in [4.78, 5) is 4.46. The van der Waals surface area contributed by atoms with Crippen LogP contribution in [-0.2, 0) is 10.5 Å². The second-order valence-electron chi connectivity index (χ2n) is 5.12. The largest absolute Gasteiger partial charge is 0.411 e. The summed E-state index contributed by atoms with van der Waals surface area (Å²) in [6.07, 6.45) is 3.91. The molecule has 4 nitrogen and oxygen atoms in total. The zero-order chi connectivity index (χ0) is 14.5. The van der Waals surface area contributed by atoms with Crippen LogP contribution in [0.2, 0.25) is 0 Å². The lowest BCUT2D eigenvalue weighted by atomic mass is 10.2. The Morgan fingerprint density at radius 3 is 3.14 bits per heavy atom. The predicted octanol–water partition coefficient (Wildman–Crippen LogP) is 3.48. The van der Waals surface area contributed by atoms with Crippen molar-refractivity contribution < 1.29 is 9.94 Å². The molecule has 1 fully saturated rings. The molecule has 1 N–H and O–H groups in total. The summed E-state index contributed by atoms with van der Waals surface area (Å²) < 4.78 is 5.55. The lowest BCUT2D eigenvalue weighted by Crippen LogP contribution is -2.21. The monoisotopic (exact) mass is 302 g/mol. The maximum atomic E-state index is 9.11. The number of aromatic nitrogens is 1. The molecule has 2 heterocycles. The van der Waals surface area contributed by atoms with Gasteiger partial charge in [0.15, 0.2) is 0 Å². The van der Waals surface area contributed by atoms with E-state index in [0.717, 1.165) is 41.8 Å². The molecule has 0 aliphatic carbocycles. The van der Waals surface area contributed by atoms with E-state index in [1.807, 2.05) is 24.4 Å². The van der Waals surface area contributed by atoms with Gasteiger partial charge in [0.1, 0.15) is 0 Å². The third kappa shape index (κ3) is 3.54. The summed E-state index contributed by atoms with van der Waals surface area (Å²) in [7, 11) is 0. The fraction of sp³-hybridized carbons (Fsp3) is 0.375. The quantitative estimate of drug-likeness (QED) is 0.522. The summed E-state index contributed by atoms with van der Waals surface area (Å²) in [6, 6.07) is 10.3. The standard InChI is InChI=1S/C16H18N2O2S/c19-18-15(16-6-3-7-20-16)11-21-10-12-8-13-4-1-2-5-14(13)17-9-12/h1-2,4-5,8-9,16,19H,3,6-7,10-11H2. The van der Waals surface area contributed by atoms with Crippen molar-refractivity contribution in [2.45, 2.75) is 24.7 Å². The van der Waals surface area contributed by atoms with Gasteiger partial charge in [-0.15, -0.1) is 0 Å². The van der Waals surface area contributed by atoms with Gasteiger partial charge < -0.3 is 9.94 Å². The van der Waals surface area contributed by atoms with Gasteiger partial charge in [-0.3, -0.25) is 4.98 Å². The van der Waals surface area contributed by atoms with Crippen LogP contribution in [0.5, 0.6) is 0 Å². The maximum absolute atomic E-state index is 9.11. The van der Waals surface area contributed by atoms with Crippen LogP contribution < -0.4 is 0 Å². The van der Waals surface area contributed by atoms with Crippen molar-refractivity contribution in [2.75, 3.05) is 12.4 Å². The topological polar surface area (TPSA) is 54.7 Å². The molecule has 1 saturated heterocycles. The lowest BCUT2D eigenvalue weighted by Gasteiger charge is -2.11. The van der Waals surface area contributed by atoms with E-state index in [9.17, 15) is 0 Å². The van der Waals surface area contributed by atoms with E-state index in [2.05, 4.69) is 22.3 Å². The highest BCUT2D eigenvalue weighted by atomic mass is 32.2. The molecule has 21 heavy (non-hydrogen) atoms. The number of fused-ring (bicyclic) bond motifs is 1. The van der Waals surface area contributed by atoms with Crippen LogP contribution in [0.15, 0.2) is 41.7 Å². The van der Waals surface area contributed by atoms with Crippen molar-refractivity contribution in [3.05, 3.63) is 42.1 Å². The molecule has 0 bridgehead atoms. The molecular formula is C16H18N2O2S. The molecule has 2 aromatic rings. The van der Waals surface area contributed by atoms with Crippen LogP contribution in [0, 0.1) is 0 Å². The summed E-state index contributed by atoms with van der Waals surface area (Å²) >= 11 is 1.72. The van der Waals surface area contributed by atoms with E-state index in [-0.39, 0.29) is 6.10 Å². The molecule has 0 spiro atoms. The third-order valence-corrected chi connectivity index (χ3v) is 4.63. The maximum Gasteiger partial charge on any atom is 0.0998 e. The number of pyridine rings is 1. The fourth-order valence-electron chi connectivity index (χ4n) is 2.50. The first-order valence-corrected chi connectivity index (χ1v) is 8.26. The van der Waals surface area contributed by atoms with Crippen LogP contribution in [0.3, 0.4) is 0 Å². The van der Waals surface area contributed by atoms with E-state index in [0.29, 0.717) is 5.75 Å². The van der Waals surface area contributed by atoms with Crippen molar-refractivity contribution in [2.24, 2.45) is 5.16 Å². The number of nitrogens with zero attached hydrogens (tertiary/aromatic N) is 2. The molecule has 0 radical (unpaired) electrons. The molecule has 1 atom stereocenters. The molecule has 0 saturated carbocycles. The van der Waals surface area contributed by atoms with Gasteiger partial charge in [-0.25, -0.2) is 0 Å². The molecule has 5 heteroatoms. The molecule has 1 aromatic heterocycles. The normalized spacial score (nSPS) is 19.2. The van der Waals surface area contributed by atoms with E-state index < -0.39 is 0 Å². The number of hydrogen-bond acceptors (Lipinski definition) is 5. The highest BCUT2D eigenvalue weighted by molar-refractivity contribution is 7.99. The van der Waals surface area contributed by atoms with Crippen molar-refractivity contribution in [3.8, 4) is 0 Å². The fourth-order valence-corrected chi connectivity index (χ4v) is 3.44. The zero-order valence-corrected chi connectivity index (χ0v) is 12.6. The lowest BCUT2D eigenvalue weighted by molar-refractivity contribution is 0.154. The molecule has 3 rings (SSSR count). The van der Waals surface area contributed by atoms with Crippen LogP contribution in [0.4, 0.5) is 0 Å². The Morgan fingerprint density at radius 1 is 1.43 bits per heavy atom. The second kappa shape index (κ2) is 6.91. The molecule has 1 aromatic carbocycles. The average molecular weight is 302 g/mol. The minimum Gasteiger partial charge on any atom is -0.411 e. The van der Waals surface area contributed by atoms with Gasteiger partial charge >= 0.3 is 0 Å². The van der Waals surface area contributed by atoms with E-state index in [1.54, 1.807) is 11.8 Å². The molecule has 1 aliphatic rings. The molecular weight excluding hydrogens is 284 g/mol. The Bertz CT molecular complexity index is 639. The predicted molar refractivity (Wildman–Crippen MR) is 86.1 cm³/mol. The number of para-hydroxylation sites is 1. The van der Waals surface area contributed by atoms with Gasteiger partial charge in [0, 0.05) is 29.7 Å². The number of benzene rings is 1. The van der Waals surface area contributed by atoms with E-state index in [1.165, 1.54) is 5.56 Å². The highest BCUT2D eigenvalue weighted by Crippen LogP contribution is 2.20.